The predicted molar refractivity (Wildman–Crippen MR) is 79.9 cm³/mol. The molecule has 0 bridgehead atoms. The molecule has 1 aliphatic heterocycles. The number of ether oxygens (including phenoxy) is 1. The Labute approximate surface area is 120 Å². The van der Waals surface area contributed by atoms with E-state index >= 15 is 0 Å². The predicted octanol–water partition coefficient (Wildman–Crippen LogP) is 2.78. The highest BCUT2D eigenvalue weighted by molar-refractivity contribution is 6.31. The minimum atomic E-state index is 0.743. The summed E-state index contributed by atoms with van der Waals surface area (Å²) < 4.78 is 5.39. The summed E-state index contributed by atoms with van der Waals surface area (Å²) in [5.74, 6) is 1.62. The molecule has 0 saturated carbocycles. The van der Waals surface area contributed by atoms with Gasteiger partial charge in [-0.25, -0.2) is 0 Å². The fourth-order valence-corrected chi connectivity index (χ4v) is 2.96. The van der Waals surface area contributed by atoms with Gasteiger partial charge < -0.3 is 15.0 Å². The minimum absolute atomic E-state index is 0.743. The zero-order valence-corrected chi connectivity index (χ0v) is 12.5. The SMILES string of the molecule is COc1cccc(Cl)c1CN(C)CC1CCCNC1. The normalized spacial score (nSPS) is 19.7. The Morgan fingerprint density at radius 1 is 1.47 bits per heavy atom. The van der Waals surface area contributed by atoms with Gasteiger partial charge in [0, 0.05) is 23.7 Å². The lowest BCUT2D eigenvalue weighted by Gasteiger charge is -2.28. The second kappa shape index (κ2) is 7.13. The van der Waals surface area contributed by atoms with Crippen LogP contribution in [-0.4, -0.2) is 38.7 Å². The van der Waals surface area contributed by atoms with Crippen molar-refractivity contribution >= 4 is 11.6 Å². The van der Waals surface area contributed by atoms with E-state index in [1.165, 1.54) is 19.4 Å². The molecule has 0 aromatic heterocycles. The lowest BCUT2D eigenvalue weighted by atomic mass is 9.99. The summed E-state index contributed by atoms with van der Waals surface area (Å²) in [6.07, 6.45) is 2.60. The maximum Gasteiger partial charge on any atom is 0.124 e. The number of hydrogen-bond donors (Lipinski definition) is 1. The van der Waals surface area contributed by atoms with E-state index in [0.717, 1.165) is 41.9 Å². The summed E-state index contributed by atoms with van der Waals surface area (Å²) in [7, 11) is 3.84. The van der Waals surface area contributed by atoms with Crippen LogP contribution >= 0.6 is 11.6 Å². The fraction of sp³-hybridized carbons (Fsp3) is 0.600. The smallest absolute Gasteiger partial charge is 0.124 e. The van der Waals surface area contributed by atoms with Crippen LogP contribution in [0.15, 0.2) is 18.2 Å². The van der Waals surface area contributed by atoms with E-state index < -0.39 is 0 Å². The largest absolute Gasteiger partial charge is 0.496 e. The Morgan fingerprint density at radius 2 is 2.32 bits per heavy atom. The summed E-state index contributed by atoms with van der Waals surface area (Å²) >= 11 is 6.28. The number of methoxy groups -OCH3 is 1. The van der Waals surface area contributed by atoms with Crippen molar-refractivity contribution in [1.82, 2.24) is 10.2 Å². The molecule has 0 radical (unpaired) electrons. The topological polar surface area (TPSA) is 24.5 Å². The first-order chi connectivity index (χ1) is 9.20. The molecule has 1 N–H and O–H groups in total. The average molecular weight is 283 g/mol. The monoisotopic (exact) mass is 282 g/mol. The quantitative estimate of drug-likeness (QED) is 0.899. The second-order valence-electron chi connectivity index (χ2n) is 5.33. The first kappa shape index (κ1) is 14.6. The van der Waals surface area contributed by atoms with E-state index in [-0.39, 0.29) is 0 Å². The summed E-state index contributed by atoms with van der Waals surface area (Å²) in [5.41, 5.74) is 1.08. The van der Waals surface area contributed by atoms with Gasteiger partial charge in [0.15, 0.2) is 0 Å². The molecular weight excluding hydrogens is 260 g/mol. The van der Waals surface area contributed by atoms with Gasteiger partial charge in [-0.2, -0.15) is 0 Å². The van der Waals surface area contributed by atoms with E-state index in [2.05, 4.69) is 17.3 Å². The van der Waals surface area contributed by atoms with Gasteiger partial charge in [0.1, 0.15) is 5.75 Å². The molecule has 1 aromatic carbocycles. The lowest BCUT2D eigenvalue weighted by molar-refractivity contribution is 0.235. The lowest BCUT2D eigenvalue weighted by Crippen LogP contribution is -2.36. The van der Waals surface area contributed by atoms with Crippen molar-refractivity contribution in [2.24, 2.45) is 5.92 Å². The van der Waals surface area contributed by atoms with Gasteiger partial charge in [0.25, 0.3) is 0 Å². The molecule has 1 aromatic rings. The van der Waals surface area contributed by atoms with Gasteiger partial charge >= 0.3 is 0 Å². The molecule has 0 aliphatic carbocycles. The van der Waals surface area contributed by atoms with Crippen LogP contribution in [0.2, 0.25) is 5.02 Å². The maximum atomic E-state index is 6.28. The van der Waals surface area contributed by atoms with Gasteiger partial charge in [-0.3, -0.25) is 0 Å². The number of halogens is 1. The molecule has 3 nitrogen and oxygen atoms in total. The van der Waals surface area contributed by atoms with E-state index in [1.54, 1.807) is 7.11 Å². The summed E-state index contributed by atoms with van der Waals surface area (Å²) in [4.78, 5) is 2.33. The van der Waals surface area contributed by atoms with Crippen LogP contribution in [0.5, 0.6) is 5.75 Å². The van der Waals surface area contributed by atoms with Gasteiger partial charge in [-0.1, -0.05) is 17.7 Å². The van der Waals surface area contributed by atoms with Crippen LogP contribution in [0, 0.1) is 5.92 Å². The molecule has 0 amide bonds. The molecule has 2 rings (SSSR count). The summed E-state index contributed by atoms with van der Waals surface area (Å²) in [6, 6.07) is 5.82. The van der Waals surface area contributed by atoms with Crippen molar-refractivity contribution in [2.75, 3.05) is 33.8 Å². The van der Waals surface area contributed by atoms with Crippen LogP contribution in [0.25, 0.3) is 0 Å². The van der Waals surface area contributed by atoms with Crippen LogP contribution in [0.4, 0.5) is 0 Å². The van der Waals surface area contributed by atoms with Crippen LogP contribution in [0.3, 0.4) is 0 Å². The summed E-state index contributed by atoms with van der Waals surface area (Å²) in [5, 5.41) is 4.25. The van der Waals surface area contributed by atoms with E-state index in [9.17, 15) is 0 Å². The number of nitrogens with one attached hydrogen (secondary N) is 1. The molecule has 106 valence electrons. The number of rotatable bonds is 5. The molecule has 0 spiro atoms. The summed E-state index contributed by atoms with van der Waals surface area (Å²) in [6.45, 7) is 4.23. The van der Waals surface area contributed by atoms with Crippen molar-refractivity contribution in [1.29, 1.82) is 0 Å². The molecule has 1 unspecified atom stereocenters. The average Bonchev–Trinajstić information content (AvgIpc) is 2.42. The van der Waals surface area contributed by atoms with Crippen molar-refractivity contribution in [3.63, 3.8) is 0 Å². The van der Waals surface area contributed by atoms with Gasteiger partial charge in [0.05, 0.1) is 7.11 Å². The van der Waals surface area contributed by atoms with Crippen molar-refractivity contribution in [3.8, 4) is 5.75 Å². The highest BCUT2D eigenvalue weighted by Crippen LogP contribution is 2.27. The number of piperidine rings is 1. The second-order valence-corrected chi connectivity index (χ2v) is 5.74. The molecule has 1 fully saturated rings. The first-order valence-corrected chi connectivity index (χ1v) is 7.29. The third kappa shape index (κ3) is 4.10. The van der Waals surface area contributed by atoms with Crippen molar-refractivity contribution in [2.45, 2.75) is 19.4 Å². The third-order valence-corrected chi connectivity index (χ3v) is 4.05. The Bertz CT molecular complexity index is 405. The highest BCUT2D eigenvalue weighted by atomic mass is 35.5. The van der Waals surface area contributed by atoms with E-state index in [0.29, 0.717) is 0 Å². The Kier molecular flexibility index (Phi) is 5.49. The molecule has 1 atom stereocenters. The van der Waals surface area contributed by atoms with Crippen LogP contribution in [0.1, 0.15) is 18.4 Å². The first-order valence-electron chi connectivity index (χ1n) is 6.91. The maximum absolute atomic E-state index is 6.28. The van der Waals surface area contributed by atoms with Crippen molar-refractivity contribution < 1.29 is 4.74 Å². The standard InChI is InChI=1S/C15H23ClN2O/c1-18(10-12-5-4-8-17-9-12)11-13-14(16)6-3-7-15(13)19-2/h3,6-7,12,17H,4-5,8-11H2,1-2H3. The molecule has 1 aliphatic rings. The van der Waals surface area contributed by atoms with Gasteiger partial charge in [-0.15, -0.1) is 0 Å². The Balaban J connectivity index is 1.96. The molecule has 1 saturated heterocycles. The minimum Gasteiger partial charge on any atom is -0.496 e. The molecular formula is C15H23ClN2O. The molecule has 19 heavy (non-hydrogen) atoms. The third-order valence-electron chi connectivity index (χ3n) is 3.69. The number of hydrogen-bond acceptors (Lipinski definition) is 3. The van der Waals surface area contributed by atoms with Crippen LogP contribution in [-0.2, 0) is 6.54 Å². The highest BCUT2D eigenvalue weighted by Gasteiger charge is 2.17. The van der Waals surface area contributed by atoms with Crippen molar-refractivity contribution in [3.05, 3.63) is 28.8 Å². The zero-order chi connectivity index (χ0) is 13.7. The Morgan fingerprint density at radius 3 is 3.00 bits per heavy atom. The number of benzene rings is 1. The Hall–Kier alpha value is -0.770. The molecule has 1 heterocycles. The number of nitrogens with zero attached hydrogens (tertiary/aromatic N) is 1. The van der Waals surface area contributed by atoms with E-state index in [1.807, 2.05) is 18.2 Å². The van der Waals surface area contributed by atoms with Gasteiger partial charge in [0.2, 0.25) is 0 Å². The zero-order valence-electron chi connectivity index (χ0n) is 11.8. The van der Waals surface area contributed by atoms with Crippen LogP contribution < -0.4 is 10.1 Å². The fourth-order valence-electron chi connectivity index (χ4n) is 2.74. The van der Waals surface area contributed by atoms with E-state index in [4.69, 9.17) is 16.3 Å². The van der Waals surface area contributed by atoms with Gasteiger partial charge in [-0.05, 0) is 51.0 Å². The molecule has 4 heteroatoms.